The predicted molar refractivity (Wildman–Crippen MR) is 106 cm³/mol. The molecule has 0 N–H and O–H groups in total. The van der Waals surface area contributed by atoms with Crippen molar-refractivity contribution in [2.75, 3.05) is 25.7 Å². The molecule has 0 amide bonds. The van der Waals surface area contributed by atoms with Crippen LogP contribution in [-0.4, -0.2) is 34.1 Å². The van der Waals surface area contributed by atoms with Crippen molar-refractivity contribution in [3.63, 3.8) is 0 Å². The molecule has 0 aliphatic carbocycles. The van der Waals surface area contributed by atoms with Crippen LogP contribution in [0.4, 0.5) is 0 Å². The number of benzene rings is 2. The van der Waals surface area contributed by atoms with Crippen LogP contribution in [-0.2, 0) is 22.7 Å². The number of hydrogen-bond donors (Lipinski definition) is 0. The molecule has 5 heteroatoms. The normalized spacial score (nSPS) is 11.3. The minimum Gasteiger partial charge on any atom is -0.497 e. The van der Waals surface area contributed by atoms with Crippen molar-refractivity contribution in [2.24, 2.45) is 0 Å². The number of aryl methyl sites for hydroxylation is 2. The Hall–Kier alpha value is -2.01. The summed E-state index contributed by atoms with van der Waals surface area (Å²) in [6.45, 7) is 0. The Morgan fingerprint density at radius 2 is 1.08 bits per heavy atom. The number of unbranched alkanes of at least 4 members (excludes halogenated alkanes) is 1. The summed E-state index contributed by atoms with van der Waals surface area (Å²) in [6, 6.07) is 15.7. The molecule has 0 aromatic heterocycles. The highest BCUT2D eigenvalue weighted by Gasteiger charge is 2.10. The Kier molecular flexibility index (Phi) is 7.98. The van der Waals surface area contributed by atoms with Crippen molar-refractivity contribution in [2.45, 2.75) is 32.1 Å². The van der Waals surface area contributed by atoms with Gasteiger partial charge in [-0.1, -0.05) is 24.3 Å². The van der Waals surface area contributed by atoms with Gasteiger partial charge in [-0.15, -0.1) is 0 Å². The van der Waals surface area contributed by atoms with E-state index < -0.39 is 9.84 Å². The molecule has 0 aliphatic heterocycles. The molecule has 0 bridgehead atoms. The highest BCUT2D eigenvalue weighted by molar-refractivity contribution is 7.91. The topological polar surface area (TPSA) is 52.6 Å². The molecule has 0 fully saturated rings. The van der Waals surface area contributed by atoms with Gasteiger partial charge in [0.15, 0.2) is 0 Å². The molecule has 2 aromatic rings. The number of rotatable bonds is 11. The first-order valence-corrected chi connectivity index (χ1v) is 10.8. The maximum absolute atomic E-state index is 12.2. The van der Waals surface area contributed by atoms with Crippen molar-refractivity contribution in [3.05, 3.63) is 59.7 Å². The molecule has 0 radical (unpaired) electrons. The van der Waals surface area contributed by atoms with E-state index in [2.05, 4.69) is 0 Å². The van der Waals surface area contributed by atoms with Gasteiger partial charge in [-0.2, -0.15) is 0 Å². The van der Waals surface area contributed by atoms with Crippen LogP contribution in [0.25, 0.3) is 0 Å². The van der Waals surface area contributed by atoms with Crippen molar-refractivity contribution >= 4 is 9.84 Å². The van der Waals surface area contributed by atoms with E-state index in [1.54, 1.807) is 14.2 Å². The molecule has 0 atom stereocenters. The third-order valence-electron chi connectivity index (χ3n) is 4.41. The molecule has 0 aliphatic rings. The molecular weight excluding hydrogens is 348 g/mol. The van der Waals surface area contributed by atoms with Gasteiger partial charge in [0.1, 0.15) is 21.3 Å². The van der Waals surface area contributed by atoms with E-state index in [1.165, 1.54) is 5.56 Å². The van der Waals surface area contributed by atoms with Crippen LogP contribution in [0, 0.1) is 0 Å². The van der Waals surface area contributed by atoms with Gasteiger partial charge in [-0.25, -0.2) is 8.42 Å². The molecule has 0 unspecified atom stereocenters. The number of methoxy groups -OCH3 is 2. The molecule has 0 saturated heterocycles. The van der Waals surface area contributed by atoms with Gasteiger partial charge < -0.3 is 9.47 Å². The highest BCUT2D eigenvalue weighted by atomic mass is 32.2. The summed E-state index contributed by atoms with van der Waals surface area (Å²) in [5, 5.41) is 0. The monoisotopic (exact) mass is 376 g/mol. The minimum atomic E-state index is -2.97. The van der Waals surface area contributed by atoms with E-state index in [4.69, 9.17) is 9.47 Å². The van der Waals surface area contributed by atoms with Crippen LogP contribution in [0.15, 0.2) is 48.5 Å². The van der Waals surface area contributed by atoms with Crippen molar-refractivity contribution in [1.82, 2.24) is 0 Å². The lowest BCUT2D eigenvalue weighted by molar-refractivity contribution is 0.414. The average Bonchev–Trinajstić information content (AvgIpc) is 2.66. The van der Waals surface area contributed by atoms with E-state index >= 15 is 0 Å². The predicted octanol–water partition coefficient (Wildman–Crippen LogP) is 4.07. The van der Waals surface area contributed by atoms with Gasteiger partial charge in [0, 0.05) is 0 Å². The van der Waals surface area contributed by atoms with E-state index in [9.17, 15) is 8.42 Å². The molecule has 2 aromatic carbocycles. The van der Waals surface area contributed by atoms with Crippen LogP contribution in [0.5, 0.6) is 11.5 Å². The van der Waals surface area contributed by atoms with E-state index in [1.807, 2.05) is 48.5 Å². The second-order valence-electron chi connectivity index (χ2n) is 6.41. The fourth-order valence-corrected chi connectivity index (χ4v) is 4.27. The fraction of sp³-hybridized carbons (Fsp3) is 0.429. The zero-order valence-corrected chi connectivity index (χ0v) is 16.4. The fourth-order valence-electron chi connectivity index (χ4n) is 2.83. The van der Waals surface area contributed by atoms with Crippen LogP contribution in [0.1, 0.15) is 30.4 Å². The number of hydrogen-bond acceptors (Lipinski definition) is 4. The van der Waals surface area contributed by atoms with E-state index in [0.717, 1.165) is 36.3 Å². The van der Waals surface area contributed by atoms with E-state index in [0.29, 0.717) is 12.8 Å². The molecule has 0 spiro atoms. The quantitative estimate of drug-likeness (QED) is 0.555. The maximum Gasteiger partial charge on any atom is 0.150 e. The summed E-state index contributed by atoms with van der Waals surface area (Å²) in [6.07, 6.45) is 3.91. The summed E-state index contributed by atoms with van der Waals surface area (Å²) < 4.78 is 34.6. The van der Waals surface area contributed by atoms with Gasteiger partial charge in [-0.05, 0) is 67.5 Å². The molecule has 0 saturated carbocycles. The number of sulfone groups is 1. The molecule has 0 heterocycles. The Bertz CT molecular complexity index is 750. The van der Waals surface area contributed by atoms with Crippen molar-refractivity contribution in [3.8, 4) is 11.5 Å². The van der Waals surface area contributed by atoms with Crippen LogP contribution in [0.2, 0.25) is 0 Å². The van der Waals surface area contributed by atoms with Gasteiger partial charge in [0.05, 0.1) is 25.7 Å². The van der Waals surface area contributed by atoms with Gasteiger partial charge in [-0.3, -0.25) is 0 Å². The Morgan fingerprint density at radius 1 is 0.654 bits per heavy atom. The van der Waals surface area contributed by atoms with Gasteiger partial charge >= 0.3 is 0 Å². The standard InChI is InChI=1S/C21H28O4S/c1-24-20-12-8-18(9-13-20)6-3-4-16-26(22,23)17-5-7-19-10-14-21(25-2)15-11-19/h8-15H,3-7,16-17H2,1-2H3. The SMILES string of the molecule is COc1ccc(CCCCS(=O)(=O)CCCc2ccc(OC)cc2)cc1. The highest BCUT2D eigenvalue weighted by Crippen LogP contribution is 2.15. The lowest BCUT2D eigenvalue weighted by Gasteiger charge is -2.06. The first-order chi connectivity index (χ1) is 12.5. The van der Waals surface area contributed by atoms with Crippen LogP contribution in [0.3, 0.4) is 0 Å². The Labute approximate surface area is 157 Å². The smallest absolute Gasteiger partial charge is 0.150 e. The molecule has 26 heavy (non-hydrogen) atoms. The Balaban J connectivity index is 1.65. The zero-order chi connectivity index (χ0) is 18.8. The first kappa shape index (κ1) is 20.3. The maximum atomic E-state index is 12.2. The van der Waals surface area contributed by atoms with E-state index in [-0.39, 0.29) is 11.5 Å². The molecule has 4 nitrogen and oxygen atoms in total. The average molecular weight is 377 g/mol. The van der Waals surface area contributed by atoms with Crippen molar-refractivity contribution < 1.29 is 17.9 Å². The zero-order valence-electron chi connectivity index (χ0n) is 15.6. The lowest BCUT2D eigenvalue weighted by Crippen LogP contribution is -2.12. The third kappa shape index (κ3) is 7.08. The Morgan fingerprint density at radius 3 is 1.54 bits per heavy atom. The van der Waals surface area contributed by atoms with Gasteiger partial charge in [0.2, 0.25) is 0 Å². The van der Waals surface area contributed by atoms with Crippen LogP contribution < -0.4 is 9.47 Å². The second-order valence-corrected chi connectivity index (χ2v) is 8.71. The summed E-state index contributed by atoms with van der Waals surface area (Å²) in [7, 11) is 0.308. The van der Waals surface area contributed by atoms with Crippen LogP contribution >= 0.6 is 0 Å². The lowest BCUT2D eigenvalue weighted by atomic mass is 10.1. The molecular formula is C21H28O4S. The molecule has 2 rings (SSSR count). The largest absolute Gasteiger partial charge is 0.497 e. The molecule has 142 valence electrons. The third-order valence-corrected chi connectivity index (χ3v) is 6.23. The second kappa shape index (κ2) is 10.2. The minimum absolute atomic E-state index is 0.252. The summed E-state index contributed by atoms with van der Waals surface area (Å²) in [4.78, 5) is 0. The van der Waals surface area contributed by atoms with Crippen molar-refractivity contribution in [1.29, 1.82) is 0 Å². The summed E-state index contributed by atoms with van der Waals surface area (Å²) in [5.74, 6) is 2.18. The summed E-state index contributed by atoms with van der Waals surface area (Å²) in [5.41, 5.74) is 2.35. The van der Waals surface area contributed by atoms with Gasteiger partial charge in [0.25, 0.3) is 0 Å². The first-order valence-electron chi connectivity index (χ1n) is 8.99. The summed E-state index contributed by atoms with van der Waals surface area (Å²) >= 11 is 0. The number of ether oxygens (including phenoxy) is 2.